The molecule has 0 atom stereocenters. The van der Waals surface area contributed by atoms with Crippen molar-refractivity contribution in [2.24, 2.45) is 0 Å². The van der Waals surface area contributed by atoms with Crippen LogP contribution in [0.4, 0.5) is 0 Å². The molecule has 4 heteroatoms. The fraction of sp³-hybridized carbons (Fsp3) is 0.486. The topological polar surface area (TPSA) is 36.9 Å². The number of hydrogen-bond acceptors (Lipinski definition) is 4. The van der Waals surface area contributed by atoms with E-state index < -0.39 is 5.60 Å². The van der Waals surface area contributed by atoms with Crippen molar-refractivity contribution < 1.29 is 18.9 Å². The van der Waals surface area contributed by atoms with Gasteiger partial charge in [0.2, 0.25) is 5.75 Å². The van der Waals surface area contributed by atoms with Gasteiger partial charge >= 0.3 is 0 Å². The Morgan fingerprint density at radius 3 is 1.46 bits per heavy atom. The Morgan fingerprint density at radius 2 is 0.949 bits per heavy atom. The molecule has 4 nitrogen and oxygen atoms in total. The molecule has 3 aromatic rings. The van der Waals surface area contributed by atoms with E-state index in [1.807, 2.05) is 18.2 Å². The lowest BCUT2D eigenvalue weighted by molar-refractivity contribution is 0.00894. The molecule has 39 heavy (non-hydrogen) atoms. The number of unbranched alkanes of at least 4 members (excludes halogenated alkanes) is 4. The smallest absolute Gasteiger partial charge is 0.204 e. The molecule has 0 aliphatic rings. The van der Waals surface area contributed by atoms with Gasteiger partial charge in [0.05, 0.1) is 19.8 Å². The van der Waals surface area contributed by atoms with Crippen LogP contribution in [-0.4, -0.2) is 26.4 Å². The summed E-state index contributed by atoms with van der Waals surface area (Å²) in [6.07, 6.45) is 8.08. The zero-order valence-electron chi connectivity index (χ0n) is 24.5. The van der Waals surface area contributed by atoms with Crippen LogP contribution in [0.5, 0.6) is 17.2 Å². The van der Waals surface area contributed by atoms with Crippen LogP contribution in [-0.2, 0) is 10.3 Å². The lowest BCUT2D eigenvalue weighted by Crippen LogP contribution is -2.34. The van der Waals surface area contributed by atoms with Crippen molar-refractivity contribution in [1.29, 1.82) is 0 Å². The third-order valence-electron chi connectivity index (χ3n) is 6.88. The largest absolute Gasteiger partial charge is 0.490 e. The SMILES string of the molecule is CCCCOc1ccc(C(OCCCC)(c2ccccc2)c2ccccc2)c(OCCCC)c1OCCCC. The molecule has 0 saturated carbocycles. The molecule has 0 amide bonds. The summed E-state index contributed by atoms with van der Waals surface area (Å²) in [4.78, 5) is 0. The Kier molecular flexibility index (Phi) is 13.2. The van der Waals surface area contributed by atoms with Crippen LogP contribution in [0.3, 0.4) is 0 Å². The van der Waals surface area contributed by atoms with Gasteiger partial charge in [-0.15, -0.1) is 0 Å². The Hall–Kier alpha value is -2.98. The van der Waals surface area contributed by atoms with E-state index in [4.69, 9.17) is 18.9 Å². The quantitative estimate of drug-likeness (QED) is 0.114. The maximum Gasteiger partial charge on any atom is 0.204 e. The van der Waals surface area contributed by atoms with Gasteiger partial charge in [-0.25, -0.2) is 0 Å². The normalized spacial score (nSPS) is 11.4. The van der Waals surface area contributed by atoms with E-state index in [1.165, 1.54) is 0 Å². The minimum Gasteiger partial charge on any atom is -0.490 e. The molecule has 0 aliphatic carbocycles. The predicted molar refractivity (Wildman–Crippen MR) is 161 cm³/mol. The third-order valence-corrected chi connectivity index (χ3v) is 6.88. The van der Waals surface area contributed by atoms with Crippen LogP contribution in [0, 0.1) is 0 Å². The summed E-state index contributed by atoms with van der Waals surface area (Å²) in [7, 11) is 0. The van der Waals surface area contributed by atoms with Crippen molar-refractivity contribution in [3.63, 3.8) is 0 Å². The molecule has 3 aromatic carbocycles. The van der Waals surface area contributed by atoms with E-state index in [0.29, 0.717) is 32.2 Å². The van der Waals surface area contributed by atoms with Gasteiger partial charge in [0.15, 0.2) is 11.5 Å². The van der Waals surface area contributed by atoms with Gasteiger partial charge in [-0.2, -0.15) is 0 Å². The summed E-state index contributed by atoms with van der Waals surface area (Å²) < 4.78 is 26.5. The van der Waals surface area contributed by atoms with Crippen LogP contribution in [0.2, 0.25) is 0 Å². The van der Waals surface area contributed by atoms with Gasteiger partial charge in [-0.3, -0.25) is 0 Å². The van der Waals surface area contributed by atoms with Gasteiger partial charge in [0.1, 0.15) is 5.60 Å². The van der Waals surface area contributed by atoms with Gasteiger partial charge in [0.25, 0.3) is 0 Å². The molecule has 0 aromatic heterocycles. The predicted octanol–water partition coefficient (Wildman–Crippen LogP) is 9.33. The van der Waals surface area contributed by atoms with E-state index >= 15 is 0 Å². The molecule has 0 radical (unpaired) electrons. The number of hydrogen-bond donors (Lipinski definition) is 0. The first-order valence-corrected chi connectivity index (χ1v) is 15.0. The average Bonchev–Trinajstić information content (AvgIpc) is 2.98. The van der Waals surface area contributed by atoms with Crippen LogP contribution in [0.1, 0.15) is 95.8 Å². The van der Waals surface area contributed by atoms with Crippen LogP contribution >= 0.6 is 0 Å². The molecule has 0 saturated heterocycles. The molecule has 3 rings (SSSR count). The molecule has 0 spiro atoms. The number of rotatable bonds is 19. The highest BCUT2D eigenvalue weighted by Gasteiger charge is 2.41. The molecular formula is C35H48O4. The summed E-state index contributed by atoms with van der Waals surface area (Å²) in [5.74, 6) is 2.14. The molecule has 212 valence electrons. The monoisotopic (exact) mass is 532 g/mol. The molecule has 0 fully saturated rings. The average molecular weight is 533 g/mol. The van der Waals surface area contributed by atoms with Gasteiger partial charge in [0, 0.05) is 12.2 Å². The van der Waals surface area contributed by atoms with Crippen LogP contribution < -0.4 is 14.2 Å². The summed E-state index contributed by atoms with van der Waals surface area (Å²) in [6.45, 7) is 11.2. The molecule has 0 N–H and O–H groups in total. The maximum atomic E-state index is 7.02. The van der Waals surface area contributed by atoms with Crippen LogP contribution in [0.25, 0.3) is 0 Å². The second kappa shape index (κ2) is 16.9. The highest BCUT2D eigenvalue weighted by molar-refractivity contribution is 5.62. The van der Waals surface area contributed by atoms with Crippen molar-refractivity contribution in [2.75, 3.05) is 26.4 Å². The highest BCUT2D eigenvalue weighted by Crippen LogP contribution is 2.50. The fourth-order valence-corrected chi connectivity index (χ4v) is 4.62. The number of ether oxygens (including phenoxy) is 4. The maximum absolute atomic E-state index is 7.02. The molecular weight excluding hydrogens is 484 g/mol. The van der Waals surface area contributed by atoms with Gasteiger partial charge < -0.3 is 18.9 Å². The van der Waals surface area contributed by atoms with Crippen molar-refractivity contribution >= 4 is 0 Å². The molecule has 0 aliphatic heterocycles. The summed E-state index contributed by atoms with van der Waals surface area (Å²) >= 11 is 0. The Morgan fingerprint density at radius 1 is 0.487 bits per heavy atom. The molecule has 0 bridgehead atoms. The van der Waals surface area contributed by atoms with Gasteiger partial charge in [-0.05, 0) is 48.9 Å². The lowest BCUT2D eigenvalue weighted by atomic mass is 9.79. The van der Waals surface area contributed by atoms with Crippen molar-refractivity contribution in [3.05, 3.63) is 89.5 Å². The summed E-state index contributed by atoms with van der Waals surface area (Å²) in [5.41, 5.74) is 2.20. The van der Waals surface area contributed by atoms with E-state index in [9.17, 15) is 0 Å². The highest BCUT2D eigenvalue weighted by atomic mass is 16.5. The minimum absolute atomic E-state index is 0.598. The first-order valence-electron chi connectivity index (χ1n) is 15.0. The van der Waals surface area contributed by atoms with E-state index in [-0.39, 0.29) is 0 Å². The van der Waals surface area contributed by atoms with E-state index in [1.54, 1.807) is 0 Å². The Balaban J connectivity index is 2.31. The van der Waals surface area contributed by atoms with E-state index in [2.05, 4.69) is 82.3 Å². The third kappa shape index (κ3) is 8.02. The standard InChI is InChI=1S/C35H48O4/c1-5-9-25-36-32-24-23-31(33(37-26-10-6-2)34(32)38-27-11-7-3)35(39-28-12-8-4,29-19-15-13-16-20-29)30-21-17-14-18-22-30/h13-24H,5-12,25-28H2,1-4H3. The van der Waals surface area contributed by atoms with Crippen molar-refractivity contribution in [2.45, 2.75) is 84.7 Å². The zero-order chi connectivity index (χ0) is 27.8. The fourth-order valence-electron chi connectivity index (χ4n) is 4.62. The van der Waals surface area contributed by atoms with Crippen molar-refractivity contribution in [1.82, 2.24) is 0 Å². The Labute approximate surface area is 236 Å². The second-order valence-electron chi connectivity index (χ2n) is 9.99. The van der Waals surface area contributed by atoms with Crippen molar-refractivity contribution in [3.8, 4) is 17.2 Å². The first kappa shape index (κ1) is 30.6. The zero-order valence-corrected chi connectivity index (χ0v) is 24.5. The molecule has 0 heterocycles. The second-order valence-corrected chi connectivity index (χ2v) is 9.99. The lowest BCUT2D eigenvalue weighted by Gasteiger charge is -2.37. The summed E-state index contributed by atoms with van der Waals surface area (Å²) in [6, 6.07) is 25.2. The van der Waals surface area contributed by atoms with E-state index in [0.717, 1.165) is 79.6 Å². The summed E-state index contributed by atoms with van der Waals surface area (Å²) in [5, 5.41) is 0. The number of benzene rings is 3. The first-order chi connectivity index (χ1) is 19.2. The minimum atomic E-state index is -0.871. The van der Waals surface area contributed by atoms with Gasteiger partial charge in [-0.1, -0.05) is 114 Å². The van der Waals surface area contributed by atoms with Crippen LogP contribution in [0.15, 0.2) is 72.8 Å². The Bertz CT molecular complexity index is 1030. The molecule has 0 unspecified atom stereocenters.